The van der Waals surface area contributed by atoms with Crippen LogP contribution in [0.25, 0.3) is 0 Å². The summed E-state index contributed by atoms with van der Waals surface area (Å²) < 4.78 is 44.1. The van der Waals surface area contributed by atoms with Gasteiger partial charge in [-0.05, 0) is 31.0 Å². The Morgan fingerprint density at radius 3 is 2.32 bits per heavy atom. The van der Waals surface area contributed by atoms with Crippen LogP contribution in [0.2, 0.25) is 0 Å². The van der Waals surface area contributed by atoms with E-state index in [1.807, 2.05) is 30.3 Å². The van der Waals surface area contributed by atoms with Crippen LogP contribution in [-0.4, -0.2) is 25.2 Å². The maximum atomic E-state index is 13.0. The Morgan fingerprint density at radius 1 is 1.04 bits per heavy atom. The number of alkyl halides is 3. The van der Waals surface area contributed by atoms with E-state index in [2.05, 4.69) is 10.6 Å². The van der Waals surface area contributed by atoms with Crippen molar-refractivity contribution in [2.45, 2.75) is 19.5 Å². The minimum atomic E-state index is -4.59. The van der Waals surface area contributed by atoms with E-state index >= 15 is 0 Å². The molecular weight excluding hydrogens is 373 g/mol. The highest BCUT2D eigenvalue weighted by molar-refractivity contribution is 5.90. The van der Waals surface area contributed by atoms with Crippen LogP contribution in [0.3, 0.4) is 0 Å². The molecule has 0 aliphatic rings. The number of urea groups is 1. The van der Waals surface area contributed by atoms with Crippen molar-refractivity contribution in [3.63, 3.8) is 0 Å². The van der Waals surface area contributed by atoms with Crippen molar-refractivity contribution in [3.05, 3.63) is 65.7 Å². The molecule has 0 heterocycles. The zero-order valence-electron chi connectivity index (χ0n) is 15.3. The molecule has 8 heteroatoms. The summed E-state index contributed by atoms with van der Waals surface area (Å²) in [5, 5.41) is 4.64. The molecule has 2 N–H and O–H groups in total. The second kappa shape index (κ2) is 9.77. The van der Waals surface area contributed by atoms with Gasteiger partial charge >= 0.3 is 18.2 Å². The number of hydrogen-bond acceptors (Lipinski definition) is 3. The molecule has 0 aliphatic heterocycles. The fourth-order valence-electron chi connectivity index (χ4n) is 2.62. The molecule has 0 saturated heterocycles. The molecule has 0 saturated carbocycles. The van der Waals surface area contributed by atoms with Gasteiger partial charge in [0, 0.05) is 6.54 Å². The third-order valence-corrected chi connectivity index (χ3v) is 3.93. The average Bonchev–Trinajstić information content (AvgIpc) is 2.65. The normalized spacial score (nSPS) is 12.1. The third kappa shape index (κ3) is 6.29. The molecule has 2 aromatic carbocycles. The smallest absolute Gasteiger partial charge is 0.418 e. The summed E-state index contributed by atoms with van der Waals surface area (Å²) in [7, 11) is 0. The van der Waals surface area contributed by atoms with E-state index in [1.54, 1.807) is 6.92 Å². The molecule has 0 aromatic heterocycles. The van der Waals surface area contributed by atoms with Crippen LogP contribution in [0, 0.1) is 5.92 Å². The van der Waals surface area contributed by atoms with Gasteiger partial charge in [0.1, 0.15) is 0 Å². The predicted molar refractivity (Wildman–Crippen MR) is 98.7 cm³/mol. The van der Waals surface area contributed by atoms with Gasteiger partial charge in [-0.2, -0.15) is 13.2 Å². The van der Waals surface area contributed by atoms with Crippen molar-refractivity contribution in [1.82, 2.24) is 5.32 Å². The summed E-state index contributed by atoms with van der Waals surface area (Å²) in [4.78, 5) is 24.2. The second-order valence-corrected chi connectivity index (χ2v) is 6.02. The highest BCUT2D eigenvalue weighted by Gasteiger charge is 2.33. The van der Waals surface area contributed by atoms with Gasteiger partial charge in [0.15, 0.2) is 0 Å². The lowest BCUT2D eigenvalue weighted by Gasteiger charge is -2.18. The van der Waals surface area contributed by atoms with Gasteiger partial charge in [-0.3, -0.25) is 4.79 Å². The molecule has 150 valence electrons. The van der Waals surface area contributed by atoms with Crippen molar-refractivity contribution in [1.29, 1.82) is 0 Å². The number of nitrogens with one attached hydrogen (secondary N) is 2. The lowest BCUT2D eigenvalue weighted by molar-refractivity contribution is -0.147. The first kappa shape index (κ1) is 21.3. The fourth-order valence-corrected chi connectivity index (χ4v) is 2.62. The number of benzene rings is 2. The maximum absolute atomic E-state index is 13.0. The molecule has 0 aliphatic carbocycles. The number of rotatable bonds is 7. The first-order chi connectivity index (χ1) is 13.3. The molecular formula is C20H21F3N2O3. The van der Waals surface area contributed by atoms with Crippen LogP contribution >= 0.6 is 0 Å². The Hall–Kier alpha value is -3.03. The topological polar surface area (TPSA) is 67.4 Å². The highest BCUT2D eigenvalue weighted by Crippen LogP contribution is 2.34. The van der Waals surface area contributed by atoms with Crippen LogP contribution in [-0.2, 0) is 22.1 Å². The summed E-state index contributed by atoms with van der Waals surface area (Å²) >= 11 is 0. The van der Waals surface area contributed by atoms with Crippen molar-refractivity contribution in [2.75, 3.05) is 18.5 Å². The highest BCUT2D eigenvalue weighted by atomic mass is 19.4. The van der Waals surface area contributed by atoms with Gasteiger partial charge in [-0.15, -0.1) is 0 Å². The largest absolute Gasteiger partial charge is 0.466 e. The van der Waals surface area contributed by atoms with Gasteiger partial charge in [0.05, 0.1) is 23.8 Å². The van der Waals surface area contributed by atoms with Crippen molar-refractivity contribution < 1.29 is 27.5 Å². The van der Waals surface area contributed by atoms with Crippen LogP contribution in [0.5, 0.6) is 0 Å². The number of anilines is 1. The first-order valence-electron chi connectivity index (χ1n) is 8.73. The lowest BCUT2D eigenvalue weighted by Crippen LogP contribution is -2.37. The van der Waals surface area contributed by atoms with Crippen LogP contribution < -0.4 is 10.6 Å². The zero-order valence-corrected chi connectivity index (χ0v) is 15.3. The van der Waals surface area contributed by atoms with Gasteiger partial charge in [0.25, 0.3) is 0 Å². The first-order valence-corrected chi connectivity index (χ1v) is 8.73. The standard InChI is InChI=1S/C20H21F3N2O3/c1-2-28-18(26)15(12-14-8-4-3-5-9-14)13-24-19(27)25-17-11-7-6-10-16(17)20(21,22)23/h3-11,15H,2,12-13H2,1H3,(H2,24,25,27). The second-order valence-electron chi connectivity index (χ2n) is 6.02. The molecule has 2 aromatic rings. The minimum Gasteiger partial charge on any atom is -0.466 e. The van der Waals surface area contributed by atoms with Gasteiger partial charge in [0.2, 0.25) is 0 Å². The quantitative estimate of drug-likeness (QED) is 0.690. The Balaban J connectivity index is 2.02. The Bertz CT molecular complexity index is 795. The summed E-state index contributed by atoms with van der Waals surface area (Å²) in [5.74, 6) is -1.15. The molecule has 5 nitrogen and oxygen atoms in total. The number of esters is 1. The van der Waals surface area contributed by atoms with E-state index in [-0.39, 0.29) is 18.8 Å². The zero-order chi connectivity index (χ0) is 20.6. The number of ether oxygens (including phenoxy) is 1. The van der Waals surface area contributed by atoms with Crippen molar-refractivity contribution >= 4 is 17.7 Å². The monoisotopic (exact) mass is 394 g/mol. The van der Waals surface area contributed by atoms with Crippen LogP contribution in [0.15, 0.2) is 54.6 Å². The molecule has 1 unspecified atom stereocenters. The maximum Gasteiger partial charge on any atom is 0.418 e. The Morgan fingerprint density at radius 2 is 1.68 bits per heavy atom. The van der Waals surface area contributed by atoms with Crippen LogP contribution in [0.4, 0.5) is 23.7 Å². The van der Waals surface area contributed by atoms with Crippen molar-refractivity contribution in [2.24, 2.45) is 5.92 Å². The Kier molecular flexibility index (Phi) is 7.43. The number of amides is 2. The minimum absolute atomic E-state index is 0.0756. The van der Waals surface area contributed by atoms with Gasteiger partial charge in [-0.25, -0.2) is 4.79 Å². The third-order valence-electron chi connectivity index (χ3n) is 3.93. The summed E-state index contributed by atoms with van der Waals surface area (Å²) in [6.07, 6.45) is -4.26. The van der Waals surface area contributed by atoms with E-state index < -0.39 is 29.7 Å². The number of carbonyl (C=O) groups excluding carboxylic acids is 2. The molecule has 28 heavy (non-hydrogen) atoms. The summed E-state index contributed by atoms with van der Waals surface area (Å²) in [5.41, 5.74) is -0.426. The number of carbonyl (C=O) groups is 2. The predicted octanol–water partition coefficient (Wildman–Crippen LogP) is 4.25. The van der Waals surface area contributed by atoms with Gasteiger partial charge in [-0.1, -0.05) is 42.5 Å². The summed E-state index contributed by atoms with van der Waals surface area (Å²) in [6.45, 7) is 1.79. The van der Waals surface area contributed by atoms with Crippen molar-refractivity contribution in [3.8, 4) is 0 Å². The number of para-hydroxylation sites is 1. The molecule has 0 fully saturated rings. The number of halogens is 3. The molecule has 2 rings (SSSR count). The molecule has 0 radical (unpaired) electrons. The molecule has 2 amide bonds. The summed E-state index contributed by atoms with van der Waals surface area (Å²) in [6, 6.07) is 13.0. The van der Waals surface area contributed by atoms with E-state index in [0.717, 1.165) is 17.7 Å². The molecule has 0 bridgehead atoms. The van der Waals surface area contributed by atoms with Crippen LogP contribution in [0.1, 0.15) is 18.1 Å². The number of hydrogen-bond donors (Lipinski definition) is 2. The van der Waals surface area contributed by atoms with Gasteiger partial charge < -0.3 is 15.4 Å². The molecule has 0 spiro atoms. The van der Waals surface area contributed by atoms with E-state index in [1.165, 1.54) is 12.1 Å². The van der Waals surface area contributed by atoms with E-state index in [9.17, 15) is 22.8 Å². The SMILES string of the molecule is CCOC(=O)C(CNC(=O)Nc1ccccc1C(F)(F)F)Cc1ccccc1. The average molecular weight is 394 g/mol. The fraction of sp³-hybridized carbons (Fsp3) is 0.300. The lowest BCUT2D eigenvalue weighted by atomic mass is 9.99. The van der Waals surface area contributed by atoms with E-state index in [0.29, 0.717) is 6.42 Å². The Labute approximate surface area is 160 Å². The molecule has 1 atom stereocenters. The van der Waals surface area contributed by atoms with E-state index in [4.69, 9.17) is 4.74 Å².